The minimum absolute atomic E-state index is 1.01. The van der Waals surface area contributed by atoms with Crippen molar-refractivity contribution in [2.75, 3.05) is 6.54 Å². The first-order valence-corrected chi connectivity index (χ1v) is 7.15. The van der Waals surface area contributed by atoms with Gasteiger partial charge in [0.15, 0.2) is 0 Å². The zero-order chi connectivity index (χ0) is 12.3. The maximum Gasteiger partial charge on any atom is 0.0205 e. The van der Waals surface area contributed by atoms with Gasteiger partial charge in [0.25, 0.3) is 0 Å². The van der Waals surface area contributed by atoms with E-state index in [1.165, 1.54) is 49.7 Å². The molecule has 0 fully saturated rings. The molecule has 0 heterocycles. The van der Waals surface area contributed by atoms with Crippen LogP contribution in [0, 0.1) is 0 Å². The Morgan fingerprint density at radius 3 is 2.12 bits per heavy atom. The van der Waals surface area contributed by atoms with E-state index in [0.717, 1.165) is 13.1 Å². The molecule has 0 radical (unpaired) electrons. The molecule has 0 aromatic heterocycles. The van der Waals surface area contributed by atoms with E-state index < -0.39 is 0 Å². The molecule has 0 aliphatic heterocycles. The molecule has 0 saturated heterocycles. The molecule has 0 amide bonds. The first-order chi connectivity index (χ1) is 8.36. The average molecular weight is 233 g/mol. The lowest BCUT2D eigenvalue weighted by molar-refractivity contribution is 0.616. The highest BCUT2D eigenvalue weighted by Gasteiger charge is 1.95. The Kier molecular flexibility index (Phi) is 7.74. The van der Waals surface area contributed by atoms with Crippen molar-refractivity contribution in [2.24, 2.45) is 0 Å². The van der Waals surface area contributed by atoms with Crippen molar-refractivity contribution in [2.45, 2.75) is 58.9 Å². The average Bonchev–Trinajstić information content (AvgIpc) is 2.37. The quantitative estimate of drug-likeness (QED) is 0.627. The molecule has 1 aromatic rings. The lowest BCUT2D eigenvalue weighted by Gasteiger charge is -2.06. The minimum atomic E-state index is 1.01. The number of benzene rings is 1. The van der Waals surface area contributed by atoms with E-state index in [2.05, 4.69) is 43.4 Å². The molecular weight excluding hydrogens is 206 g/mol. The molecular formula is C16H27N. The van der Waals surface area contributed by atoms with Crippen LogP contribution in [0.1, 0.15) is 57.1 Å². The fourth-order valence-electron chi connectivity index (χ4n) is 1.94. The third-order valence-electron chi connectivity index (χ3n) is 3.13. The van der Waals surface area contributed by atoms with Crippen molar-refractivity contribution in [3.8, 4) is 0 Å². The maximum atomic E-state index is 3.50. The van der Waals surface area contributed by atoms with Gasteiger partial charge in [-0.2, -0.15) is 0 Å². The van der Waals surface area contributed by atoms with Crippen LogP contribution in [0.5, 0.6) is 0 Å². The second kappa shape index (κ2) is 9.23. The van der Waals surface area contributed by atoms with Crippen LogP contribution in [0.25, 0.3) is 0 Å². The number of hydrogen-bond donors (Lipinski definition) is 1. The van der Waals surface area contributed by atoms with E-state index in [9.17, 15) is 0 Å². The summed E-state index contributed by atoms with van der Waals surface area (Å²) in [6, 6.07) is 9.08. The van der Waals surface area contributed by atoms with Crippen molar-refractivity contribution in [3.05, 3.63) is 35.4 Å². The zero-order valence-electron chi connectivity index (χ0n) is 11.5. The molecule has 17 heavy (non-hydrogen) atoms. The molecule has 0 aliphatic carbocycles. The van der Waals surface area contributed by atoms with Gasteiger partial charge >= 0.3 is 0 Å². The predicted molar refractivity (Wildman–Crippen MR) is 76.3 cm³/mol. The van der Waals surface area contributed by atoms with Crippen LogP contribution >= 0.6 is 0 Å². The third kappa shape index (κ3) is 6.48. The molecule has 1 N–H and O–H groups in total. The van der Waals surface area contributed by atoms with E-state index >= 15 is 0 Å². The number of hydrogen-bond acceptors (Lipinski definition) is 1. The molecule has 1 nitrogen and oxygen atoms in total. The van der Waals surface area contributed by atoms with Crippen LogP contribution in [0.3, 0.4) is 0 Å². The molecule has 0 bridgehead atoms. The largest absolute Gasteiger partial charge is 0.313 e. The monoisotopic (exact) mass is 233 g/mol. The molecule has 0 aliphatic rings. The van der Waals surface area contributed by atoms with Gasteiger partial charge < -0.3 is 5.32 Å². The summed E-state index contributed by atoms with van der Waals surface area (Å²) in [4.78, 5) is 0. The van der Waals surface area contributed by atoms with Crippen LogP contribution in [0.15, 0.2) is 24.3 Å². The maximum absolute atomic E-state index is 3.50. The Morgan fingerprint density at radius 1 is 0.824 bits per heavy atom. The summed E-state index contributed by atoms with van der Waals surface area (Å²) < 4.78 is 0. The van der Waals surface area contributed by atoms with Gasteiger partial charge in [0.2, 0.25) is 0 Å². The predicted octanol–water partition coefficient (Wildman–Crippen LogP) is 4.31. The highest BCUT2D eigenvalue weighted by Crippen LogP contribution is 2.07. The van der Waals surface area contributed by atoms with Crippen LogP contribution in [0.4, 0.5) is 0 Å². The number of rotatable bonds is 9. The first-order valence-electron chi connectivity index (χ1n) is 7.15. The van der Waals surface area contributed by atoms with Crippen molar-refractivity contribution < 1.29 is 0 Å². The van der Waals surface area contributed by atoms with E-state index in [-0.39, 0.29) is 0 Å². The van der Waals surface area contributed by atoms with Crippen molar-refractivity contribution in [3.63, 3.8) is 0 Å². The summed E-state index contributed by atoms with van der Waals surface area (Å²) in [7, 11) is 0. The number of unbranched alkanes of at least 4 members (excludes halogenated alkanes) is 3. The highest BCUT2D eigenvalue weighted by molar-refractivity contribution is 5.22. The summed E-state index contributed by atoms with van der Waals surface area (Å²) in [5.74, 6) is 0. The van der Waals surface area contributed by atoms with Crippen LogP contribution < -0.4 is 5.32 Å². The topological polar surface area (TPSA) is 12.0 Å². The highest BCUT2D eigenvalue weighted by atomic mass is 14.8. The number of aryl methyl sites for hydroxylation is 1. The summed E-state index contributed by atoms with van der Waals surface area (Å²) in [6.07, 6.45) is 7.73. The van der Waals surface area contributed by atoms with Crippen LogP contribution in [0.2, 0.25) is 0 Å². The van der Waals surface area contributed by atoms with Gasteiger partial charge in [-0.15, -0.1) is 0 Å². The van der Waals surface area contributed by atoms with E-state index in [1.54, 1.807) is 0 Å². The standard InChI is InChI=1S/C16H27N/c1-3-5-7-13-17-14-16-11-9-15(10-12-16)8-6-4-2/h9-12,17H,3-8,13-14H2,1-2H3. The normalized spacial score (nSPS) is 10.7. The molecule has 0 unspecified atom stereocenters. The van der Waals surface area contributed by atoms with Crippen LogP contribution in [-0.4, -0.2) is 6.54 Å². The van der Waals surface area contributed by atoms with E-state index in [4.69, 9.17) is 0 Å². The Hall–Kier alpha value is -0.820. The lowest BCUT2D eigenvalue weighted by atomic mass is 10.1. The lowest BCUT2D eigenvalue weighted by Crippen LogP contribution is -2.14. The summed E-state index contributed by atoms with van der Waals surface area (Å²) in [5, 5.41) is 3.50. The van der Waals surface area contributed by atoms with Gasteiger partial charge in [0.1, 0.15) is 0 Å². The first kappa shape index (κ1) is 14.2. The van der Waals surface area contributed by atoms with Gasteiger partial charge in [-0.1, -0.05) is 57.4 Å². The van der Waals surface area contributed by atoms with Crippen LogP contribution in [-0.2, 0) is 13.0 Å². The molecule has 0 atom stereocenters. The fraction of sp³-hybridized carbons (Fsp3) is 0.625. The SMILES string of the molecule is CCCCCNCc1ccc(CCCC)cc1. The Balaban J connectivity index is 2.20. The smallest absolute Gasteiger partial charge is 0.0205 e. The fourth-order valence-corrected chi connectivity index (χ4v) is 1.94. The second-order valence-electron chi connectivity index (χ2n) is 4.80. The molecule has 96 valence electrons. The Labute approximate surface area is 107 Å². The molecule has 1 rings (SSSR count). The third-order valence-corrected chi connectivity index (χ3v) is 3.13. The van der Waals surface area contributed by atoms with Gasteiger partial charge in [-0.05, 0) is 36.9 Å². The minimum Gasteiger partial charge on any atom is -0.313 e. The van der Waals surface area contributed by atoms with Crippen molar-refractivity contribution in [1.29, 1.82) is 0 Å². The molecule has 0 spiro atoms. The number of nitrogens with one attached hydrogen (secondary N) is 1. The van der Waals surface area contributed by atoms with Gasteiger partial charge in [0.05, 0.1) is 0 Å². The van der Waals surface area contributed by atoms with Crippen molar-refractivity contribution in [1.82, 2.24) is 5.32 Å². The summed E-state index contributed by atoms with van der Waals surface area (Å²) >= 11 is 0. The van der Waals surface area contributed by atoms with Gasteiger partial charge in [-0.25, -0.2) is 0 Å². The molecule has 0 saturated carbocycles. The molecule has 1 heteroatoms. The second-order valence-corrected chi connectivity index (χ2v) is 4.80. The van der Waals surface area contributed by atoms with Gasteiger partial charge in [-0.3, -0.25) is 0 Å². The Bertz CT molecular complexity index is 276. The molecule has 1 aromatic carbocycles. The zero-order valence-corrected chi connectivity index (χ0v) is 11.5. The summed E-state index contributed by atoms with van der Waals surface area (Å²) in [5.41, 5.74) is 2.88. The summed E-state index contributed by atoms with van der Waals surface area (Å²) in [6.45, 7) is 6.65. The van der Waals surface area contributed by atoms with Crippen molar-refractivity contribution >= 4 is 0 Å². The Morgan fingerprint density at radius 2 is 1.47 bits per heavy atom. The van der Waals surface area contributed by atoms with Gasteiger partial charge in [0, 0.05) is 6.54 Å². The van der Waals surface area contributed by atoms with E-state index in [1.807, 2.05) is 0 Å². The van der Waals surface area contributed by atoms with E-state index in [0.29, 0.717) is 0 Å².